The molecule has 0 aromatic carbocycles. The third-order valence-electron chi connectivity index (χ3n) is 11.6. The summed E-state index contributed by atoms with van der Waals surface area (Å²) < 4.78 is 5.44. The van der Waals surface area contributed by atoms with E-state index in [4.69, 9.17) is 4.74 Å². The number of amides is 1. The summed E-state index contributed by atoms with van der Waals surface area (Å²) in [5.74, 6) is -0.111. The summed E-state index contributed by atoms with van der Waals surface area (Å²) in [5.41, 5.74) is 0. The summed E-state index contributed by atoms with van der Waals surface area (Å²) in [6, 6.07) is -0.640. The third-order valence-corrected chi connectivity index (χ3v) is 11.6. The van der Waals surface area contributed by atoms with Crippen molar-refractivity contribution in [3.05, 3.63) is 36.5 Å². The number of ether oxygens (including phenoxy) is 1. The molecule has 0 saturated carbocycles. The molecule has 59 heavy (non-hydrogen) atoms. The lowest BCUT2D eigenvalue weighted by Crippen LogP contribution is -2.45. The van der Waals surface area contributed by atoms with Crippen molar-refractivity contribution in [3.8, 4) is 0 Å². The molecule has 1 amide bonds. The van der Waals surface area contributed by atoms with Gasteiger partial charge in [0.2, 0.25) is 5.91 Å². The SMILES string of the molecule is CCC/C=C\C/C=C\CCCCCCCC(=O)OCCCCCCCCCCCCCCC(=O)NC(CO)C(O)/C=C/CCCCCCCCCCCCCCCCC. The fourth-order valence-electron chi connectivity index (χ4n) is 7.67. The predicted molar refractivity (Wildman–Crippen MR) is 255 cm³/mol. The Morgan fingerprint density at radius 3 is 1.36 bits per heavy atom. The molecule has 346 valence electrons. The van der Waals surface area contributed by atoms with Crippen LogP contribution < -0.4 is 5.32 Å². The van der Waals surface area contributed by atoms with Gasteiger partial charge in [-0.1, -0.05) is 230 Å². The van der Waals surface area contributed by atoms with Gasteiger partial charge in [-0.25, -0.2) is 0 Å². The molecule has 0 rings (SSSR count). The highest BCUT2D eigenvalue weighted by Gasteiger charge is 2.18. The highest BCUT2D eigenvalue weighted by molar-refractivity contribution is 5.76. The number of allylic oxidation sites excluding steroid dienone is 5. The Balaban J connectivity index is 3.52. The van der Waals surface area contributed by atoms with E-state index < -0.39 is 12.1 Å². The number of carbonyl (C=O) groups excluding carboxylic acids is 2. The van der Waals surface area contributed by atoms with Crippen molar-refractivity contribution in [2.45, 2.75) is 276 Å². The maximum atomic E-state index is 12.4. The summed E-state index contributed by atoms with van der Waals surface area (Å²) >= 11 is 0. The van der Waals surface area contributed by atoms with E-state index in [0.29, 0.717) is 19.4 Å². The molecule has 0 aromatic rings. The second kappa shape index (κ2) is 48.7. The van der Waals surface area contributed by atoms with Crippen LogP contribution in [0, 0.1) is 0 Å². The van der Waals surface area contributed by atoms with Crippen LogP contribution in [0.25, 0.3) is 0 Å². The molecule has 0 fully saturated rings. The summed E-state index contributed by atoms with van der Waals surface area (Å²) in [6.07, 6.45) is 58.5. The quantitative estimate of drug-likeness (QED) is 0.0323. The number of aliphatic hydroxyl groups is 2. The lowest BCUT2D eigenvalue weighted by molar-refractivity contribution is -0.143. The molecule has 0 aliphatic heterocycles. The minimum atomic E-state index is -0.855. The van der Waals surface area contributed by atoms with Crippen molar-refractivity contribution < 1.29 is 24.5 Å². The summed E-state index contributed by atoms with van der Waals surface area (Å²) in [6.45, 7) is 4.80. The van der Waals surface area contributed by atoms with Gasteiger partial charge in [-0.05, 0) is 57.8 Å². The Hall–Kier alpha value is -1.92. The maximum absolute atomic E-state index is 12.4. The molecule has 6 nitrogen and oxygen atoms in total. The van der Waals surface area contributed by atoms with Crippen LogP contribution in [0.2, 0.25) is 0 Å². The van der Waals surface area contributed by atoms with Crippen LogP contribution in [0.15, 0.2) is 36.5 Å². The van der Waals surface area contributed by atoms with E-state index >= 15 is 0 Å². The fraction of sp³-hybridized carbons (Fsp3) is 0.849. The smallest absolute Gasteiger partial charge is 0.305 e. The lowest BCUT2D eigenvalue weighted by Gasteiger charge is -2.20. The molecular weight excluding hydrogens is 731 g/mol. The number of rotatable bonds is 47. The first-order valence-electron chi connectivity index (χ1n) is 25.8. The molecule has 0 aliphatic rings. The highest BCUT2D eigenvalue weighted by Crippen LogP contribution is 2.16. The molecule has 6 heteroatoms. The van der Waals surface area contributed by atoms with Gasteiger partial charge in [-0.15, -0.1) is 0 Å². The van der Waals surface area contributed by atoms with Crippen LogP contribution in [0.5, 0.6) is 0 Å². The van der Waals surface area contributed by atoms with Gasteiger partial charge in [-0.2, -0.15) is 0 Å². The molecule has 0 aromatic heterocycles. The molecule has 0 spiro atoms. The number of nitrogens with one attached hydrogen (secondary N) is 1. The standard InChI is InChI=1S/C53H99NO5/c1-3-5-7-9-11-13-15-17-18-19-20-22-25-29-33-37-41-45-51(56)50(49-55)54-52(57)46-42-38-34-30-26-23-24-28-32-36-40-44-48-59-53(58)47-43-39-35-31-27-21-16-14-12-10-8-6-4-2/h8,10,14,16,41,45,50-51,55-56H,3-7,9,11-13,15,17-40,42-44,46-49H2,1-2H3,(H,54,57)/b10-8-,16-14-,45-41+. The maximum Gasteiger partial charge on any atom is 0.305 e. The van der Waals surface area contributed by atoms with E-state index in [1.54, 1.807) is 6.08 Å². The largest absolute Gasteiger partial charge is 0.466 e. The van der Waals surface area contributed by atoms with Crippen molar-refractivity contribution >= 4 is 11.9 Å². The van der Waals surface area contributed by atoms with Crippen molar-refractivity contribution in [1.82, 2.24) is 5.32 Å². The minimum absolute atomic E-state index is 0.0265. The molecule has 0 aliphatic carbocycles. The lowest BCUT2D eigenvalue weighted by atomic mass is 10.0. The number of esters is 1. The van der Waals surface area contributed by atoms with E-state index in [1.807, 2.05) is 6.08 Å². The van der Waals surface area contributed by atoms with Crippen LogP contribution in [-0.2, 0) is 14.3 Å². The van der Waals surface area contributed by atoms with Gasteiger partial charge in [0, 0.05) is 12.8 Å². The van der Waals surface area contributed by atoms with Gasteiger partial charge in [0.15, 0.2) is 0 Å². The van der Waals surface area contributed by atoms with E-state index in [2.05, 4.69) is 43.5 Å². The molecule has 3 N–H and O–H groups in total. The van der Waals surface area contributed by atoms with Gasteiger partial charge in [-0.3, -0.25) is 9.59 Å². The van der Waals surface area contributed by atoms with Gasteiger partial charge in [0.25, 0.3) is 0 Å². The van der Waals surface area contributed by atoms with Crippen molar-refractivity contribution in [2.24, 2.45) is 0 Å². The molecule has 2 unspecified atom stereocenters. The van der Waals surface area contributed by atoms with Crippen LogP contribution in [0.4, 0.5) is 0 Å². The minimum Gasteiger partial charge on any atom is -0.466 e. The number of aliphatic hydroxyl groups excluding tert-OH is 2. The molecule has 2 atom stereocenters. The second-order valence-corrected chi connectivity index (χ2v) is 17.5. The summed E-state index contributed by atoms with van der Waals surface area (Å²) in [5, 5.41) is 23.1. The fourth-order valence-corrected chi connectivity index (χ4v) is 7.67. The topological polar surface area (TPSA) is 95.9 Å². The van der Waals surface area contributed by atoms with Crippen molar-refractivity contribution in [2.75, 3.05) is 13.2 Å². The Morgan fingerprint density at radius 1 is 0.475 bits per heavy atom. The Bertz CT molecular complexity index is 962. The van der Waals surface area contributed by atoms with Gasteiger partial charge >= 0.3 is 5.97 Å². The van der Waals surface area contributed by atoms with Crippen LogP contribution in [0.3, 0.4) is 0 Å². The first kappa shape index (κ1) is 57.1. The summed E-state index contributed by atoms with van der Waals surface area (Å²) in [4.78, 5) is 24.4. The van der Waals surface area contributed by atoms with Gasteiger partial charge < -0.3 is 20.3 Å². The second-order valence-electron chi connectivity index (χ2n) is 17.5. The summed E-state index contributed by atoms with van der Waals surface area (Å²) in [7, 11) is 0. The molecule has 0 saturated heterocycles. The van der Waals surface area contributed by atoms with E-state index in [9.17, 15) is 19.8 Å². The zero-order valence-electron chi connectivity index (χ0n) is 39.2. The number of hydrogen-bond acceptors (Lipinski definition) is 5. The number of unbranched alkanes of at least 4 members (excludes halogenated alkanes) is 32. The van der Waals surface area contributed by atoms with Gasteiger partial charge in [0.1, 0.15) is 0 Å². The van der Waals surface area contributed by atoms with Crippen LogP contribution in [0.1, 0.15) is 264 Å². The zero-order valence-corrected chi connectivity index (χ0v) is 39.2. The highest BCUT2D eigenvalue weighted by atomic mass is 16.5. The van der Waals surface area contributed by atoms with Crippen molar-refractivity contribution in [3.63, 3.8) is 0 Å². The average molecular weight is 830 g/mol. The average Bonchev–Trinajstić information content (AvgIpc) is 3.24. The number of hydrogen-bond donors (Lipinski definition) is 3. The monoisotopic (exact) mass is 830 g/mol. The first-order valence-corrected chi connectivity index (χ1v) is 25.8. The Kier molecular flexibility index (Phi) is 47.2. The zero-order chi connectivity index (χ0) is 43.0. The number of carbonyl (C=O) groups is 2. The third kappa shape index (κ3) is 45.4. The van der Waals surface area contributed by atoms with E-state index in [-0.39, 0.29) is 18.5 Å². The van der Waals surface area contributed by atoms with Crippen molar-refractivity contribution in [1.29, 1.82) is 0 Å². The van der Waals surface area contributed by atoms with Crippen LogP contribution >= 0.6 is 0 Å². The Morgan fingerprint density at radius 2 is 0.881 bits per heavy atom. The molecule has 0 heterocycles. The van der Waals surface area contributed by atoms with E-state index in [1.165, 1.54) is 167 Å². The first-order chi connectivity index (χ1) is 29.0. The van der Waals surface area contributed by atoms with Gasteiger partial charge in [0.05, 0.1) is 25.4 Å². The van der Waals surface area contributed by atoms with Crippen LogP contribution in [-0.4, -0.2) is 47.4 Å². The molecule has 0 bridgehead atoms. The molecule has 0 radical (unpaired) electrons. The Labute approximate surface area is 366 Å². The molecular formula is C53H99NO5. The predicted octanol–water partition coefficient (Wildman–Crippen LogP) is 15.3. The normalized spacial score (nSPS) is 12.9. The van der Waals surface area contributed by atoms with E-state index in [0.717, 1.165) is 70.6 Å².